The summed E-state index contributed by atoms with van der Waals surface area (Å²) >= 11 is 0. The number of methoxy groups -OCH3 is 1. The van der Waals surface area contributed by atoms with Crippen molar-refractivity contribution < 1.29 is 9.53 Å². The number of para-hydroxylation sites is 1. The van der Waals surface area contributed by atoms with E-state index in [9.17, 15) is 4.79 Å². The minimum absolute atomic E-state index is 0.0593. The zero-order chi connectivity index (χ0) is 15.1. The van der Waals surface area contributed by atoms with Crippen molar-refractivity contribution in [2.75, 3.05) is 27.7 Å². The van der Waals surface area contributed by atoms with Gasteiger partial charge in [0.2, 0.25) is 0 Å². The maximum absolute atomic E-state index is 11.7. The molecule has 1 rings (SSSR count). The summed E-state index contributed by atoms with van der Waals surface area (Å²) < 4.78 is 5.39. The van der Waals surface area contributed by atoms with Gasteiger partial charge in [0.05, 0.1) is 13.2 Å². The number of carbonyl (C=O) groups excluding carboxylic acids is 1. The highest BCUT2D eigenvalue weighted by atomic mass is 16.5. The lowest BCUT2D eigenvalue weighted by Gasteiger charge is -2.26. The van der Waals surface area contributed by atoms with Crippen LogP contribution in [0.3, 0.4) is 0 Å². The molecular weight excluding hydrogens is 254 g/mol. The topological polar surface area (TPSA) is 53.6 Å². The summed E-state index contributed by atoms with van der Waals surface area (Å²) in [5, 5.41) is 5.72. The number of rotatable bonds is 6. The highest BCUT2D eigenvalue weighted by Crippen LogP contribution is 2.27. The summed E-state index contributed by atoms with van der Waals surface area (Å²) in [5.41, 5.74) is 1.06. The maximum Gasteiger partial charge on any atom is 0.315 e. The van der Waals surface area contributed by atoms with E-state index in [2.05, 4.69) is 15.5 Å². The highest BCUT2D eigenvalue weighted by molar-refractivity contribution is 5.74. The summed E-state index contributed by atoms with van der Waals surface area (Å²) in [4.78, 5) is 13.8. The van der Waals surface area contributed by atoms with Crippen molar-refractivity contribution in [2.24, 2.45) is 0 Å². The average molecular weight is 279 g/mol. The third-order valence-electron chi connectivity index (χ3n) is 3.00. The van der Waals surface area contributed by atoms with Gasteiger partial charge in [-0.15, -0.1) is 0 Å². The van der Waals surface area contributed by atoms with Crippen molar-refractivity contribution in [3.63, 3.8) is 0 Å². The monoisotopic (exact) mass is 279 g/mol. The minimum atomic E-state index is -0.151. The number of nitrogens with zero attached hydrogens (tertiary/aromatic N) is 1. The van der Waals surface area contributed by atoms with E-state index in [1.165, 1.54) is 0 Å². The molecule has 0 aliphatic heterocycles. The molecular formula is C15H25N3O2. The second kappa shape index (κ2) is 7.75. The number of nitrogens with one attached hydrogen (secondary N) is 2. The highest BCUT2D eigenvalue weighted by Gasteiger charge is 2.18. The molecule has 0 aliphatic rings. The number of ether oxygens (including phenoxy) is 1. The third kappa shape index (κ3) is 4.74. The predicted molar refractivity (Wildman–Crippen MR) is 81.1 cm³/mol. The second-order valence-corrected chi connectivity index (χ2v) is 5.23. The van der Waals surface area contributed by atoms with Crippen LogP contribution in [0.5, 0.6) is 5.75 Å². The molecule has 5 nitrogen and oxygen atoms in total. The molecule has 1 atom stereocenters. The van der Waals surface area contributed by atoms with Gasteiger partial charge in [-0.2, -0.15) is 0 Å². The molecule has 5 heteroatoms. The Morgan fingerprint density at radius 3 is 2.50 bits per heavy atom. The fraction of sp³-hybridized carbons (Fsp3) is 0.533. The number of hydrogen-bond donors (Lipinski definition) is 2. The summed E-state index contributed by atoms with van der Waals surface area (Å²) in [5.74, 6) is 0.831. The molecule has 1 unspecified atom stereocenters. The fourth-order valence-electron chi connectivity index (χ4n) is 2.02. The van der Waals surface area contributed by atoms with Crippen LogP contribution in [0.25, 0.3) is 0 Å². The third-order valence-corrected chi connectivity index (χ3v) is 3.00. The van der Waals surface area contributed by atoms with Crippen molar-refractivity contribution >= 4 is 6.03 Å². The van der Waals surface area contributed by atoms with Crippen LogP contribution in [0.1, 0.15) is 25.5 Å². The lowest BCUT2D eigenvalue weighted by Crippen LogP contribution is -2.43. The Morgan fingerprint density at radius 2 is 1.95 bits per heavy atom. The van der Waals surface area contributed by atoms with E-state index in [1.807, 2.05) is 52.2 Å². The molecule has 1 aromatic rings. The molecule has 2 N–H and O–H groups in total. The average Bonchev–Trinajstić information content (AvgIpc) is 2.38. The van der Waals surface area contributed by atoms with Gasteiger partial charge in [0.25, 0.3) is 0 Å². The molecule has 0 spiro atoms. The van der Waals surface area contributed by atoms with Crippen LogP contribution in [0.2, 0.25) is 0 Å². The minimum Gasteiger partial charge on any atom is -0.496 e. The molecule has 0 aromatic heterocycles. The molecule has 0 heterocycles. The standard InChI is InChI=1S/C15H25N3O2/c1-11(2)17-15(19)16-10-13(18(3)4)12-8-6-7-9-14(12)20-5/h6-9,11,13H,10H2,1-5H3,(H2,16,17,19). The van der Waals surface area contributed by atoms with Gasteiger partial charge < -0.3 is 20.3 Å². The number of carbonyl (C=O) groups is 1. The van der Waals surface area contributed by atoms with Crippen LogP contribution < -0.4 is 15.4 Å². The summed E-state index contributed by atoms with van der Waals surface area (Å²) in [7, 11) is 5.63. The van der Waals surface area contributed by atoms with Gasteiger partial charge in [0.1, 0.15) is 5.75 Å². The van der Waals surface area contributed by atoms with E-state index in [0.29, 0.717) is 6.54 Å². The maximum atomic E-state index is 11.7. The molecule has 0 saturated heterocycles. The number of benzene rings is 1. The lowest BCUT2D eigenvalue weighted by atomic mass is 10.0. The Bertz CT molecular complexity index is 433. The zero-order valence-corrected chi connectivity index (χ0v) is 12.9. The lowest BCUT2D eigenvalue weighted by molar-refractivity contribution is 0.229. The van der Waals surface area contributed by atoms with E-state index in [1.54, 1.807) is 7.11 Å². The van der Waals surface area contributed by atoms with E-state index in [-0.39, 0.29) is 18.1 Å². The first kappa shape index (κ1) is 16.3. The fourth-order valence-corrected chi connectivity index (χ4v) is 2.02. The van der Waals surface area contributed by atoms with E-state index in [0.717, 1.165) is 11.3 Å². The van der Waals surface area contributed by atoms with Gasteiger partial charge in [-0.3, -0.25) is 0 Å². The van der Waals surface area contributed by atoms with Crippen LogP contribution in [0, 0.1) is 0 Å². The zero-order valence-electron chi connectivity index (χ0n) is 12.9. The van der Waals surface area contributed by atoms with Crippen molar-refractivity contribution in [3.05, 3.63) is 29.8 Å². The second-order valence-electron chi connectivity index (χ2n) is 5.23. The van der Waals surface area contributed by atoms with Gasteiger partial charge in [-0.05, 0) is 34.0 Å². The van der Waals surface area contributed by atoms with Crippen molar-refractivity contribution in [3.8, 4) is 5.75 Å². The predicted octanol–water partition coefficient (Wildman–Crippen LogP) is 2.01. The molecule has 20 heavy (non-hydrogen) atoms. The first-order valence-electron chi connectivity index (χ1n) is 6.79. The van der Waals surface area contributed by atoms with Crippen LogP contribution >= 0.6 is 0 Å². The van der Waals surface area contributed by atoms with Crippen molar-refractivity contribution in [1.82, 2.24) is 15.5 Å². The molecule has 0 aliphatic carbocycles. The van der Waals surface area contributed by atoms with Crippen molar-refractivity contribution in [1.29, 1.82) is 0 Å². The normalized spacial score (nSPS) is 12.3. The Morgan fingerprint density at radius 1 is 1.30 bits per heavy atom. The Kier molecular flexibility index (Phi) is 6.31. The smallest absolute Gasteiger partial charge is 0.315 e. The van der Waals surface area contributed by atoms with Gasteiger partial charge in [-0.1, -0.05) is 18.2 Å². The summed E-state index contributed by atoms with van der Waals surface area (Å²) in [6.45, 7) is 4.39. The van der Waals surface area contributed by atoms with Crippen LogP contribution in [0.4, 0.5) is 4.79 Å². The molecule has 0 radical (unpaired) electrons. The van der Waals surface area contributed by atoms with Crippen molar-refractivity contribution in [2.45, 2.75) is 25.9 Å². The molecule has 2 amide bonds. The van der Waals surface area contributed by atoms with Gasteiger partial charge in [0, 0.05) is 18.2 Å². The molecule has 0 bridgehead atoms. The largest absolute Gasteiger partial charge is 0.496 e. The summed E-state index contributed by atoms with van der Waals surface area (Å²) in [6, 6.07) is 7.90. The van der Waals surface area contributed by atoms with Crippen LogP contribution in [-0.4, -0.2) is 44.7 Å². The molecule has 0 saturated carbocycles. The molecule has 112 valence electrons. The summed E-state index contributed by atoms with van der Waals surface area (Å²) in [6.07, 6.45) is 0. The Balaban J connectivity index is 2.77. The molecule has 1 aromatic carbocycles. The quantitative estimate of drug-likeness (QED) is 0.837. The Labute approximate surface area is 121 Å². The van der Waals surface area contributed by atoms with Gasteiger partial charge >= 0.3 is 6.03 Å². The van der Waals surface area contributed by atoms with E-state index in [4.69, 9.17) is 4.74 Å². The van der Waals surface area contributed by atoms with Crippen LogP contribution in [-0.2, 0) is 0 Å². The first-order chi connectivity index (χ1) is 9.45. The van der Waals surface area contributed by atoms with E-state index < -0.39 is 0 Å². The first-order valence-corrected chi connectivity index (χ1v) is 6.79. The van der Waals surface area contributed by atoms with Crippen LogP contribution in [0.15, 0.2) is 24.3 Å². The number of amides is 2. The molecule has 0 fully saturated rings. The van der Waals surface area contributed by atoms with Gasteiger partial charge in [-0.25, -0.2) is 4.79 Å². The number of likely N-dealkylation sites (N-methyl/N-ethyl adjacent to an activating group) is 1. The Hall–Kier alpha value is -1.75. The van der Waals surface area contributed by atoms with E-state index >= 15 is 0 Å². The number of hydrogen-bond acceptors (Lipinski definition) is 3. The number of urea groups is 1. The van der Waals surface area contributed by atoms with Gasteiger partial charge in [0.15, 0.2) is 0 Å². The SMILES string of the molecule is COc1ccccc1C(CNC(=O)NC(C)C)N(C)C.